The highest BCUT2D eigenvalue weighted by molar-refractivity contribution is 5.56. The van der Waals surface area contributed by atoms with Crippen molar-refractivity contribution in [2.75, 3.05) is 6.61 Å². The molecule has 4 aromatic rings. The van der Waals surface area contributed by atoms with Crippen LogP contribution in [0.25, 0.3) is 17.1 Å². The highest BCUT2D eigenvalue weighted by Gasteiger charge is 2.18. The summed E-state index contributed by atoms with van der Waals surface area (Å²) < 4.78 is 29.7. The average Bonchev–Trinajstić information content (AvgIpc) is 3.31. The Balaban J connectivity index is 1.65. The number of benzene rings is 1. The lowest BCUT2D eigenvalue weighted by Gasteiger charge is -2.13. The molecule has 0 saturated carbocycles. The Morgan fingerprint density at radius 1 is 1.23 bits per heavy atom. The van der Waals surface area contributed by atoms with Crippen LogP contribution in [0.5, 0.6) is 5.75 Å². The first-order chi connectivity index (χ1) is 15.8. The van der Waals surface area contributed by atoms with Gasteiger partial charge in [0.2, 0.25) is 5.43 Å². The quantitative estimate of drug-likeness (QED) is 0.520. The zero-order valence-corrected chi connectivity index (χ0v) is 16.0. The highest BCUT2D eigenvalue weighted by atomic mass is 16.5. The monoisotopic (exact) mass is 407 g/mol. The fraction of sp³-hybridized carbons (Fsp3) is 0.190. The molecule has 0 aliphatic heterocycles. The third-order valence-corrected chi connectivity index (χ3v) is 4.33. The number of aromatic nitrogens is 6. The maximum atomic E-state index is 12.5. The Morgan fingerprint density at radius 2 is 2.07 bits per heavy atom. The Hall–Kier alpha value is -3.85. The third kappa shape index (κ3) is 3.96. The summed E-state index contributed by atoms with van der Waals surface area (Å²) in [6.07, 6.45) is 5.76. The van der Waals surface area contributed by atoms with Crippen LogP contribution < -0.4 is 10.2 Å². The Kier molecular flexibility index (Phi) is 4.40. The van der Waals surface area contributed by atoms with Gasteiger partial charge in [-0.1, -0.05) is 18.2 Å². The molecule has 0 aliphatic rings. The van der Waals surface area contributed by atoms with Gasteiger partial charge in [-0.25, -0.2) is 14.6 Å². The van der Waals surface area contributed by atoms with Crippen LogP contribution in [0.4, 0.5) is 0 Å². The summed E-state index contributed by atoms with van der Waals surface area (Å²) in [6.45, 7) is -0.0736. The molecule has 9 heteroatoms. The molecule has 0 radical (unpaired) electrons. The molecule has 9 nitrogen and oxygen atoms in total. The van der Waals surface area contributed by atoms with E-state index in [2.05, 4.69) is 20.2 Å². The van der Waals surface area contributed by atoms with Crippen molar-refractivity contribution >= 4 is 0 Å². The molecule has 4 rings (SSSR count). The lowest BCUT2D eigenvalue weighted by Crippen LogP contribution is -2.20. The summed E-state index contributed by atoms with van der Waals surface area (Å²) in [5.74, 6) is 0.983. The van der Waals surface area contributed by atoms with E-state index < -0.39 is 18.5 Å². The minimum absolute atomic E-state index is 0.121. The molecule has 0 amide bonds. The van der Waals surface area contributed by atoms with Crippen molar-refractivity contribution in [3.63, 3.8) is 0 Å². The van der Waals surface area contributed by atoms with Crippen molar-refractivity contribution in [2.45, 2.75) is 13.0 Å². The maximum absolute atomic E-state index is 12.5. The van der Waals surface area contributed by atoms with Gasteiger partial charge in [-0.05, 0) is 18.6 Å². The van der Waals surface area contributed by atoms with Crippen LogP contribution >= 0.6 is 0 Å². The van der Waals surface area contributed by atoms with Gasteiger partial charge in [-0.3, -0.25) is 9.48 Å². The van der Waals surface area contributed by atoms with Gasteiger partial charge < -0.3 is 9.84 Å². The number of ether oxygens (including phenoxy) is 1. The molecular weight excluding hydrogens is 384 g/mol. The Morgan fingerprint density at radius 3 is 2.80 bits per heavy atom. The van der Waals surface area contributed by atoms with E-state index in [0.717, 1.165) is 4.68 Å². The zero-order chi connectivity index (χ0) is 23.6. The predicted octanol–water partition coefficient (Wildman–Crippen LogP) is 1.90. The number of hydrogen-bond acceptors (Lipinski definition) is 7. The van der Waals surface area contributed by atoms with Gasteiger partial charge in [0, 0.05) is 28.9 Å². The van der Waals surface area contributed by atoms with E-state index in [1.165, 1.54) is 29.3 Å². The van der Waals surface area contributed by atoms with E-state index in [1.807, 2.05) is 6.92 Å². The van der Waals surface area contributed by atoms with E-state index in [1.54, 1.807) is 36.7 Å². The molecule has 0 saturated heterocycles. The summed E-state index contributed by atoms with van der Waals surface area (Å²) in [5, 5.41) is 18.9. The first-order valence-corrected chi connectivity index (χ1v) is 9.15. The molecule has 1 aromatic carbocycles. The summed E-state index contributed by atoms with van der Waals surface area (Å²) in [7, 11) is 0. The SMILES string of the molecule is [2H]C([2H])([2H])n1cc(-n2ccc(=O)c(C(O)c3cccc(-c4ncc(OCC)cn4)c3)n2)cn1. The van der Waals surface area contributed by atoms with Crippen LogP contribution in [0.2, 0.25) is 0 Å². The van der Waals surface area contributed by atoms with Crippen molar-refractivity contribution in [3.8, 4) is 22.8 Å². The van der Waals surface area contributed by atoms with Crippen molar-refractivity contribution in [1.29, 1.82) is 0 Å². The van der Waals surface area contributed by atoms with E-state index in [0.29, 0.717) is 35.0 Å². The predicted molar refractivity (Wildman–Crippen MR) is 109 cm³/mol. The molecule has 0 bridgehead atoms. The largest absolute Gasteiger partial charge is 0.491 e. The molecule has 3 heterocycles. The molecule has 0 spiro atoms. The van der Waals surface area contributed by atoms with Gasteiger partial charge in [-0.15, -0.1) is 0 Å². The van der Waals surface area contributed by atoms with Crippen LogP contribution in [0.1, 0.15) is 28.4 Å². The third-order valence-electron chi connectivity index (χ3n) is 4.33. The van der Waals surface area contributed by atoms with Crippen LogP contribution in [0, 0.1) is 0 Å². The molecule has 30 heavy (non-hydrogen) atoms. The smallest absolute Gasteiger partial charge is 0.206 e. The van der Waals surface area contributed by atoms with E-state index >= 15 is 0 Å². The van der Waals surface area contributed by atoms with Crippen molar-refractivity contribution < 1.29 is 14.0 Å². The number of hydrogen-bond donors (Lipinski definition) is 1. The summed E-state index contributed by atoms with van der Waals surface area (Å²) in [6, 6.07) is 8.08. The van der Waals surface area contributed by atoms with Gasteiger partial charge in [0.05, 0.1) is 31.4 Å². The van der Waals surface area contributed by atoms with Gasteiger partial charge in [-0.2, -0.15) is 10.2 Å². The van der Waals surface area contributed by atoms with E-state index in [9.17, 15) is 9.90 Å². The average molecular weight is 407 g/mol. The van der Waals surface area contributed by atoms with Gasteiger partial charge in [0.25, 0.3) is 0 Å². The highest BCUT2D eigenvalue weighted by Crippen LogP contribution is 2.24. The Bertz CT molecular complexity index is 1320. The second-order valence-electron chi connectivity index (χ2n) is 6.36. The Labute approximate surface area is 176 Å². The molecule has 3 aromatic heterocycles. The normalized spacial score (nSPS) is 13.9. The lowest BCUT2D eigenvalue weighted by molar-refractivity contribution is 0.212. The van der Waals surface area contributed by atoms with Gasteiger partial charge in [0.1, 0.15) is 17.5 Å². The van der Waals surface area contributed by atoms with Crippen molar-refractivity contribution in [3.05, 3.63) is 82.8 Å². The fourth-order valence-electron chi connectivity index (χ4n) is 2.90. The molecule has 152 valence electrons. The van der Waals surface area contributed by atoms with Crippen LogP contribution in [0.3, 0.4) is 0 Å². The van der Waals surface area contributed by atoms with Crippen LogP contribution in [-0.2, 0) is 6.98 Å². The number of nitrogens with zero attached hydrogens (tertiary/aromatic N) is 6. The number of rotatable bonds is 6. The van der Waals surface area contributed by atoms with E-state index in [4.69, 9.17) is 8.85 Å². The summed E-state index contributed by atoms with van der Waals surface area (Å²) in [4.78, 5) is 21.0. The molecule has 1 N–H and O–H groups in total. The number of aliphatic hydroxyl groups is 1. The zero-order valence-electron chi connectivity index (χ0n) is 19.0. The first kappa shape index (κ1) is 16.0. The molecule has 1 unspecified atom stereocenters. The minimum atomic E-state index is -2.44. The topological polar surface area (TPSA) is 108 Å². The van der Waals surface area contributed by atoms with Crippen LogP contribution in [-0.4, -0.2) is 41.2 Å². The summed E-state index contributed by atoms with van der Waals surface area (Å²) >= 11 is 0. The molecule has 0 fully saturated rings. The van der Waals surface area contributed by atoms with Gasteiger partial charge >= 0.3 is 0 Å². The number of aliphatic hydroxyl groups excluding tert-OH is 1. The molecular formula is C21H20N6O3. The second-order valence-corrected chi connectivity index (χ2v) is 6.36. The van der Waals surface area contributed by atoms with Gasteiger partial charge in [0.15, 0.2) is 11.6 Å². The first-order valence-electron chi connectivity index (χ1n) is 10.6. The van der Waals surface area contributed by atoms with Crippen molar-refractivity contribution in [2.24, 2.45) is 6.98 Å². The minimum Gasteiger partial charge on any atom is -0.491 e. The molecule has 1 atom stereocenters. The maximum Gasteiger partial charge on any atom is 0.206 e. The van der Waals surface area contributed by atoms with Crippen molar-refractivity contribution in [1.82, 2.24) is 29.5 Å². The second kappa shape index (κ2) is 8.26. The summed E-state index contributed by atoms with van der Waals surface area (Å²) in [5.41, 5.74) is 0.806. The van der Waals surface area contributed by atoms with Crippen LogP contribution in [0.15, 0.2) is 66.1 Å². The molecule has 0 aliphatic carbocycles. The lowest BCUT2D eigenvalue weighted by atomic mass is 10.0. The van der Waals surface area contributed by atoms with E-state index in [-0.39, 0.29) is 5.69 Å². The standard InChI is InChI=1S/C21H20N6O3/c1-3-30-17-11-22-21(23-12-17)15-6-4-5-14(9-15)20(29)19-18(28)7-8-27(25-19)16-10-24-26(2)13-16/h4-13,20,29H,3H2,1-2H3/i2D3. The number of aryl methyl sites for hydroxylation is 1. The fourth-order valence-corrected chi connectivity index (χ4v) is 2.90.